The maximum absolute atomic E-state index is 5.61. The molecular formula is C16H19N3O2. The highest BCUT2D eigenvalue weighted by Crippen LogP contribution is 2.43. The molecule has 21 heavy (non-hydrogen) atoms. The molecule has 110 valence electrons. The van der Waals surface area contributed by atoms with Gasteiger partial charge in [0.25, 0.3) is 0 Å². The average Bonchev–Trinajstić information content (AvgIpc) is 2.96. The lowest BCUT2D eigenvalue weighted by atomic mass is 9.79. The van der Waals surface area contributed by atoms with Gasteiger partial charge in [0.1, 0.15) is 5.60 Å². The quantitative estimate of drug-likeness (QED) is 0.938. The summed E-state index contributed by atoms with van der Waals surface area (Å²) in [7, 11) is 1.73. The molecule has 0 spiro atoms. The number of aromatic nitrogens is 2. The summed E-state index contributed by atoms with van der Waals surface area (Å²) in [5.41, 5.74) is 2.39. The second-order valence-electron chi connectivity index (χ2n) is 5.91. The minimum atomic E-state index is -0.311. The number of methoxy groups -OCH3 is 1. The lowest BCUT2D eigenvalue weighted by molar-refractivity contribution is -0.0858. The van der Waals surface area contributed by atoms with Crippen LogP contribution in [0, 0.1) is 0 Å². The van der Waals surface area contributed by atoms with Gasteiger partial charge >= 0.3 is 0 Å². The van der Waals surface area contributed by atoms with Crippen molar-refractivity contribution >= 4 is 0 Å². The van der Waals surface area contributed by atoms with Gasteiger partial charge in [-0.25, -0.2) is 0 Å². The summed E-state index contributed by atoms with van der Waals surface area (Å²) in [6, 6.07) is 8.57. The summed E-state index contributed by atoms with van der Waals surface area (Å²) in [5, 5.41) is 7.63. The number of nitrogens with one attached hydrogen (secondary N) is 1. The Labute approximate surface area is 123 Å². The first kappa shape index (κ1) is 13.0. The van der Waals surface area contributed by atoms with E-state index in [0.29, 0.717) is 11.7 Å². The van der Waals surface area contributed by atoms with Gasteiger partial charge in [0.15, 0.2) is 0 Å². The van der Waals surface area contributed by atoms with E-state index in [4.69, 9.17) is 9.26 Å². The van der Waals surface area contributed by atoms with E-state index in [1.807, 2.05) is 0 Å². The fourth-order valence-electron chi connectivity index (χ4n) is 3.21. The molecule has 1 aliphatic carbocycles. The number of hydrogen-bond donors (Lipinski definition) is 1. The summed E-state index contributed by atoms with van der Waals surface area (Å²) in [5.74, 6) is 1.37. The molecule has 1 aromatic heterocycles. The van der Waals surface area contributed by atoms with Crippen molar-refractivity contribution in [2.75, 3.05) is 7.11 Å². The highest BCUT2D eigenvalue weighted by Gasteiger charge is 2.43. The fraction of sp³-hybridized carbons (Fsp3) is 0.500. The monoisotopic (exact) mass is 285 g/mol. The van der Waals surface area contributed by atoms with Crippen LogP contribution in [-0.4, -0.2) is 17.3 Å². The molecular weight excluding hydrogens is 266 g/mol. The van der Waals surface area contributed by atoms with Crippen LogP contribution < -0.4 is 5.32 Å². The van der Waals surface area contributed by atoms with Gasteiger partial charge in [-0.3, -0.25) is 0 Å². The van der Waals surface area contributed by atoms with Crippen LogP contribution in [-0.2, 0) is 23.3 Å². The summed E-state index contributed by atoms with van der Waals surface area (Å²) in [6.07, 6.45) is 4.00. The minimum absolute atomic E-state index is 0.0927. The van der Waals surface area contributed by atoms with E-state index in [1.165, 1.54) is 11.1 Å². The summed E-state index contributed by atoms with van der Waals surface area (Å²) >= 11 is 0. The Morgan fingerprint density at radius 2 is 2.10 bits per heavy atom. The van der Waals surface area contributed by atoms with E-state index in [9.17, 15) is 0 Å². The van der Waals surface area contributed by atoms with E-state index in [0.717, 1.165) is 32.2 Å². The van der Waals surface area contributed by atoms with E-state index in [-0.39, 0.29) is 11.6 Å². The molecule has 5 heteroatoms. The molecule has 1 aliphatic heterocycles. The van der Waals surface area contributed by atoms with Crippen molar-refractivity contribution in [2.45, 2.75) is 43.9 Å². The zero-order valence-corrected chi connectivity index (χ0v) is 12.1. The van der Waals surface area contributed by atoms with Crippen molar-refractivity contribution in [2.24, 2.45) is 0 Å². The van der Waals surface area contributed by atoms with Gasteiger partial charge in [-0.15, -0.1) is 0 Å². The number of nitrogens with zero attached hydrogens (tertiary/aromatic N) is 2. The Morgan fingerprint density at radius 3 is 2.81 bits per heavy atom. The van der Waals surface area contributed by atoms with Gasteiger partial charge in [-0.1, -0.05) is 29.4 Å². The van der Waals surface area contributed by atoms with Crippen molar-refractivity contribution in [3.05, 3.63) is 47.1 Å². The van der Waals surface area contributed by atoms with Crippen LogP contribution in [0.1, 0.15) is 48.1 Å². The Bertz CT molecular complexity index is 643. The molecule has 5 nitrogen and oxygen atoms in total. The molecule has 0 radical (unpaired) electrons. The molecule has 1 fully saturated rings. The zero-order valence-electron chi connectivity index (χ0n) is 12.1. The van der Waals surface area contributed by atoms with E-state index in [1.54, 1.807) is 7.11 Å². The third kappa shape index (κ3) is 2.08. The average molecular weight is 285 g/mol. The Hall–Kier alpha value is -1.72. The van der Waals surface area contributed by atoms with Crippen molar-refractivity contribution in [1.82, 2.24) is 15.5 Å². The lowest BCUT2D eigenvalue weighted by Crippen LogP contribution is -2.37. The van der Waals surface area contributed by atoms with E-state index in [2.05, 4.69) is 39.7 Å². The van der Waals surface area contributed by atoms with Crippen LogP contribution in [0.5, 0.6) is 0 Å². The Kier molecular flexibility index (Phi) is 3.05. The molecule has 2 heterocycles. The van der Waals surface area contributed by atoms with Gasteiger partial charge < -0.3 is 14.6 Å². The van der Waals surface area contributed by atoms with E-state index < -0.39 is 0 Å². The molecule has 1 aromatic carbocycles. The molecule has 1 saturated carbocycles. The first-order chi connectivity index (χ1) is 10.3. The Morgan fingerprint density at radius 1 is 1.29 bits per heavy atom. The minimum Gasteiger partial charge on any atom is -0.370 e. The van der Waals surface area contributed by atoms with E-state index >= 15 is 0 Å². The highest BCUT2D eigenvalue weighted by molar-refractivity contribution is 5.30. The number of ether oxygens (including phenoxy) is 1. The molecule has 1 N–H and O–H groups in total. The number of benzene rings is 1. The first-order valence-electron chi connectivity index (χ1n) is 7.50. The molecule has 1 unspecified atom stereocenters. The zero-order chi connectivity index (χ0) is 14.3. The van der Waals surface area contributed by atoms with Gasteiger partial charge in [0, 0.05) is 13.7 Å². The third-order valence-electron chi connectivity index (χ3n) is 4.78. The molecule has 4 rings (SSSR count). The fourth-order valence-corrected chi connectivity index (χ4v) is 3.21. The first-order valence-corrected chi connectivity index (χ1v) is 7.50. The molecule has 0 bridgehead atoms. The van der Waals surface area contributed by atoms with Crippen LogP contribution in [0.3, 0.4) is 0 Å². The highest BCUT2D eigenvalue weighted by atomic mass is 16.5. The molecule has 1 atom stereocenters. The number of hydrogen-bond acceptors (Lipinski definition) is 5. The van der Waals surface area contributed by atoms with Crippen molar-refractivity contribution in [3.8, 4) is 0 Å². The summed E-state index contributed by atoms with van der Waals surface area (Å²) < 4.78 is 11.1. The van der Waals surface area contributed by atoms with Gasteiger partial charge in [0.2, 0.25) is 11.7 Å². The molecule has 0 amide bonds. The second kappa shape index (κ2) is 4.93. The second-order valence-corrected chi connectivity index (χ2v) is 5.91. The normalized spacial score (nSPS) is 23.4. The SMILES string of the molecule is COC1(c2noc(C3Cc4ccccc4CN3)n2)CCC1. The maximum Gasteiger partial charge on any atom is 0.244 e. The van der Waals surface area contributed by atoms with Crippen molar-refractivity contribution in [1.29, 1.82) is 0 Å². The smallest absolute Gasteiger partial charge is 0.244 e. The largest absolute Gasteiger partial charge is 0.370 e. The maximum atomic E-state index is 5.61. The number of fused-ring (bicyclic) bond motifs is 1. The molecule has 0 saturated heterocycles. The van der Waals surface area contributed by atoms with Crippen molar-refractivity contribution < 1.29 is 9.26 Å². The lowest BCUT2D eigenvalue weighted by Gasteiger charge is -2.37. The predicted molar refractivity (Wildman–Crippen MR) is 76.6 cm³/mol. The Balaban J connectivity index is 1.57. The number of rotatable bonds is 3. The van der Waals surface area contributed by atoms with Crippen LogP contribution in [0.2, 0.25) is 0 Å². The van der Waals surface area contributed by atoms with Crippen molar-refractivity contribution in [3.63, 3.8) is 0 Å². The standard InChI is InChI=1S/C16H19N3O2/c1-20-16(7-4-8-16)15-18-14(21-19-15)13-9-11-5-2-3-6-12(11)10-17-13/h2-3,5-6,13,17H,4,7-10H2,1H3. The van der Waals surface area contributed by atoms with Crippen LogP contribution in [0.4, 0.5) is 0 Å². The predicted octanol–water partition coefficient (Wildman–Crippen LogP) is 2.48. The van der Waals surface area contributed by atoms with Gasteiger partial charge in [-0.2, -0.15) is 4.98 Å². The van der Waals surface area contributed by atoms with Gasteiger partial charge in [-0.05, 0) is 36.8 Å². The topological polar surface area (TPSA) is 60.2 Å². The molecule has 2 aliphatic rings. The van der Waals surface area contributed by atoms with Crippen LogP contribution in [0.25, 0.3) is 0 Å². The summed E-state index contributed by atoms with van der Waals surface area (Å²) in [4.78, 5) is 4.61. The van der Waals surface area contributed by atoms with Crippen LogP contribution in [0.15, 0.2) is 28.8 Å². The molecule has 2 aromatic rings. The van der Waals surface area contributed by atoms with Crippen LogP contribution >= 0.6 is 0 Å². The summed E-state index contributed by atoms with van der Waals surface area (Å²) in [6.45, 7) is 0.841. The third-order valence-corrected chi connectivity index (χ3v) is 4.78. The van der Waals surface area contributed by atoms with Gasteiger partial charge in [0.05, 0.1) is 6.04 Å².